The molecule has 0 saturated heterocycles. The fourth-order valence-corrected chi connectivity index (χ4v) is 2.79. The number of benzene rings is 1. The lowest BCUT2D eigenvalue weighted by atomic mass is 9.93. The van der Waals surface area contributed by atoms with Gasteiger partial charge in [0, 0.05) is 23.1 Å². The number of aromatic amines is 1. The van der Waals surface area contributed by atoms with Crippen LogP contribution >= 0.6 is 0 Å². The van der Waals surface area contributed by atoms with Crippen LogP contribution in [-0.2, 0) is 17.8 Å². The Morgan fingerprint density at radius 1 is 1.38 bits per heavy atom. The van der Waals surface area contributed by atoms with Gasteiger partial charge >= 0.3 is 5.97 Å². The molecule has 0 saturated carbocycles. The van der Waals surface area contributed by atoms with Crippen molar-refractivity contribution in [3.8, 4) is 0 Å². The number of fused-ring (bicyclic) bond motifs is 3. The van der Waals surface area contributed by atoms with Gasteiger partial charge < -0.3 is 14.8 Å². The predicted molar refractivity (Wildman–Crippen MR) is 78.6 cm³/mol. The van der Waals surface area contributed by atoms with Crippen LogP contribution in [0.5, 0.6) is 0 Å². The van der Waals surface area contributed by atoms with Crippen molar-refractivity contribution in [3.05, 3.63) is 45.4 Å². The second-order valence-electron chi connectivity index (χ2n) is 5.77. The number of hydrogen-bond acceptors (Lipinski definition) is 3. The van der Waals surface area contributed by atoms with Crippen molar-refractivity contribution in [2.45, 2.75) is 33.0 Å². The molecule has 0 aliphatic carbocycles. The number of carbonyl (C=O) groups is 1. The number of aromatic nitrogens is 1. The van der Waals surface area contributed by atoms with Crippen LogP contribution in [-0.4, -0.2) is 22.2 Å². The fraction of sp³-hybridized carbons (Fsp3) is 0.375. The fourth-order valence-electron chi connectivity index (χ4n) is 2.79. The molecule has 0 bridgehead atoms. The number of carboxylic acid groups (broad SMARTS) is 1. The van der Waals surface area contributed by atoms with Crippen LogP contribution in [0.2, 0.25) is 0 Å². The Bertz CT molecular complexity index is 776. The molecule has 5 nitrogen and oxygen atoms in total. The summed E-state index contributed by atoms with van der Waals surface area (Å²) >= 11 is 0. The number of hydrogen-bond donors (Lipinski definition) is 2. The molecule has 0 spiro atoms. The summed E-state index contributed by atoms with van der Waals surface area (Å²) in [6.07, 6.45) is 0.725. The van der Waals surface area contributed by atoms with Crippen molar-refractivity contribution < 1.29 is 14.6 Å². The first-order valence-corrected chi connectivity index (χ1v) is 7.00. The topological polar surface area (TPSA) is 79.4 Å². The van der Waals surface area contributed by atoms with E-state index in [0.717, 1.165) is 11.3 Å². The van der Waals surface area contributed by atoms with Crippen LogP contribution < -0.4 is 5.56 Å². The van der Waals surface area contributed by atoms with Crippen LogP contribution in [0.1, 0.15) is 35.5 Å². The molecule has 1 atom stereocenters. The molecule has 110 valence electrons. The van der Waals surface area contributed by atoms with Crippen molar-refractivity contribution in [3.63, 3.8) is 0 Å². The van der Waals surface area contributed by atoms with Gasteiger partial charge in [-0.1, -0.05) is 13.8 Å². The van der Waals surface area contributed by atoms with Gasteiger partial charge in [-0.15, -0.1) is 0 Å². The average Bonchev–Trinajstić information content (AvgIpc) is 2.46. The van der Waals surface area contributed by atoms with E-state index in [9.17, 15) is 9.59 Å². The summed E-state index contributed by atoms with van der Waals surface area (Å²) in [5.41, 5.74) is 1.76. The van der Waals surface area contributed by atoms with Gasteiger partial charge in [0.2, 0.25) is 0 Å². The number of pyridine rings is 1. The quantitative estimate of drug-likeness (QED) is 0.888. The molecule has 1 aliphatic rings. The van der Waals surface area contributed by atoms with Gasteiger partial charge in [0.25, 0.3) is 5.56 Å². The van der Waals surface area contributed by atoms with E-state index in [2.05, 4.69) is 18.8 Å². The van der Waals surface area contributed by atoms with Gasteiger partial charge in [0.15, 0.2) is 0 Å². The van der Waals surface area contributed by atoms with Crippen molar-refractivity contribution in [2.24, 2.45) is 5.92 Å². The number of H-pyrrole nitrogens is 1. The third kappa shape index (κ3) is 2.34. The average molecular weight is 287 g/mol. The van der Waals surface area contributed by atoms with E-state index in [1.165, 1.54) is 6.07 Å². The number of carboxylic acids is 1. The minimum Gasteiger partial charge on any atom is -0.478 e. The van der Waals surface area contributed by atoms with E-state index in [0.29, 0.717) is 29.7 Å². The summed E-state index contributed by atoms with van der Waals surface area (Å²) in [5.74, 6) is -0.634. The molecule has 0 fully saturated rings. The second kappa shape index (κ2) is 5.00. The lowest BCUT2D eigenvalue weighted by Crippen LogP contribution is -2.30. The first-order valence-electron chi connectivity index (χ1n) is 7.00. The molecule has 0 amide bonds. The van der Waals surface area contributed by atoms with Crippen LogP contribution in [0.3, 0.4) is 0 Å². The second-order valence-corrected chi connectivity index (χ2v) is 5.77. The molecule has 1 aromatic heterocycles. The van der Waals surface area contributed by atoms with E-state index in [1.807, 2.05) is 0 Å². The van der Waals surface area contributed by atoms with E-state index in [4.69, 9.17) is 9.84 Å². The van der Waals surface area contributed by atoms with Gasteiger partial charge in [-0.05, 0) is 29.5 Å². The summed E-state index contributed by atoms with van der Waals surface area (Å²) in [6, 6.07) is 4.57. The maximum absolute atomic E-state index is 12.2. The lowest BCUT2D eigenvalue weighted by molar-refractivity contribution is -0.000828. The van der Waals surface area contributed by atoms with Crippen LogP contribution in [0.4, 0.5) is 0 Å². The number of nitrogens with one attached hydrogen (secondary N) is 1. The number of rotatable bonds is 2. The highest BCUT2D eigenvalue weighted by atomic mass is 16.5. The SMILES string of the molecule is CC(C)C1Cc2[nH]c(=O)c3ccc(C(=O)O)cc3c2CO1. The van der Waals surface area contributed by atoms with Crippen molar-refractivity contribution in [1.82, 2.24) is 4.98 Å². The van der Waals surface area contributed by atoms with E-state index < -0.39 is 5.97 Å². The van der Waals surface area contributed by atoms with E-state index >= 15 is 0 Å². The highest BCUT2D eigenvalue weighted by molar-refractivity contribution is 5.95. The Kier molecular flexibility index (Phi) is 3.29. The van der Waals surface area contributed by atoms with Gasteiger partial charge in [0.1, 0.15) is 0 Å². The molecular formula is C16H17NO4. The highest BCUT2D eigenvalue weighted by Crippen LogP contribution is 2.28. The largest absolute Gasteiger partial charge is 0.478 e. The Morgan fingerprint density at radius 2 is 2.14 bits per heavy atom. The molecule has 2 aromatic rings. The molecule has 3 rings (SSSR count). The highest BCUT2D eigenvalue weighted by Gasteiger charge is 2.25. The third-order valence-electron chi connectivity index (χ3n) is 4.06. The monoisotopic (exact) mass is 287 g/mol. The zero-order chi connectivity index (χ0) is 15.1. The van der Waals surface area contributed by atoms with Crippen molar-refractivity contribution in [1.29, 1.82) is 0 Å². The molecule has 1 aromatic carbocycles. The van der Waals surface area contributed by atoms with Crippen LogP contribution in [0.25, 0.3) is 10.8 Å². The molecule has 1 unspecified atom stereocenters. The number of ether oxygens (including phenoxy) is 1. The van der Waals surface area contributed by atoms with Gasteiger partial charge in [-0.3, -0.25) is 4.79 Å². The smallest absolute Gasteiger partial charge is 0.335 e. The predicted octanol–water partition coefficient (Wildman–Crippen LogP) is 2.32. The first-order chi connectivity index (χ1) is 9.97. The Labute approximate surface area is 121 Å². The molecule has 2 heterocycles. The maximum Gasteiger partial charge on any atom is 0.335 e. The summed E-state index contributed by atoms with van der Waals surface area (Å²) in [6.45, 7) is 4.56. The first kappa shape index (κ1) is 13.8. The normalized spacial score (nSPS) is 18.0. The Balaban J connectivity index is 2.20. The van der Waals surface area contributed by atoms with Crippen molar-refractivity contribution in [2.75, 3.05) is 0 Å². The standard InChI is InChI=1S/C16H17NO4/c1-8(2)14-6-13-12(7-21-14)11-5-9(16(19)20)3-4-10(11)15(18)17-13/h3-5,8,14H,6-7H2,1-2H3,(H,17,18)(H,19,20). The zero-order valence-corrected chi connectivity index (χ0v) is 12.0. The lowest BCUT2D eigenvalue weighted by Gasteiger charge is -2.28. The summed E-state index contributed by atoms with van der Waals surface area (Å²) < 4.78 is 5.84. The van der Waals surface area contributed by atoms with E-state index in [1.54, 1.807) is 12.1 Å². The van der Waals surface area contributed by atoms with Crippen LogP contribution in [0, 0.1) is 5.92 Å². The zero-order valence-electron chi connectivity index (χ0n) is 12.0. The minimum atomic E-state index is -0.997. The number of aromatic carboxylic acids is 1. The molecular weight excluding hydrogens is 270 g/mol. The molecule has 2 N–H and O–H groups in total. The minimum absolute atomic E-state index is 0.0771. The van der Waals surface area contributed by atoms with Crippen molar-refractivity contribution >= 4 is 16.7 Å². The summed E-state index contributed by atoms with van der Waals surface area (Å²) in [5, 5.41) is 10.3. The van der Waals surface area contributed by atoms with Gasteiger partial charge in [-0.25, -0.2) is 4.79 Å². The Hall–Kier alpha value is -2.14. The third-order valence-corrected chi connectivity index (χ3v) is 4.06. The van der Waals surface area contributed by atoms with E-state index in [-0.39, 0.29) is 17.2 Å². The van der Waals surface area contributed by atoms with Gasteiger partial charge in [0.05, 0.1) is 18.3 Å². The summed E-state index contributed by atoms with van der Waals surface area (Å²) in [4.78, 5) is 26.2. The summed E-state index contributed by atoms with van der Waals surface area (Å²) in [7, 11) is 0. The van der Waals surface area contributed by atoms with Gasteiger partial charge in [-0.2, -0.15) is 0 Å². The molecule has 0 radical (unpaired) electrons. The molecule has 1 aliphatic heterocycles. The molecule has 21 heavy (non-hydrogen) atoms. The Morgan fingerprint density at radius 3 is 2.81 bits per heavy atom. The van der Waals surface area contributed by atoms with Crippen LogP contribution in [0.15, 0.2) is 23.0 Å². The maximum atomic E-state index is 12.2. The molecule has 5 heteroatoms.